The van der Waals surface area contributed by atoms with E-state index in [1.807, 2.05) is 32.9 Å². The number of carbonyl (C=O) groups excluding carboxylic acids is 1. The molecule has 2 atom stereocenters. The number of nitrogens with zero attached hydrogens (tertiary/aromatic N) is 1. The van der Waals surface area contributed by atoms with Crippen molar-refractivity contribution < 1.29 is 17.9 Å². The molecule has 0 bridgehead atoms. The quantitative estimate of drug-likeness (QED) is 0.863. The van der Waals surface area contributed by atoms with Gasteiger partial charge in [-0.1, -0.05) is 6.07 Å². The molecule has 0 saturated carbocycles. The van der Waals surface area contributed by atoms with Crippen molar-refractivity contribution in [3.8, 4) is 0 Å². The van der Waals surface area contributed by atoms with Crippen LogP contribution in [0.15, 0.2) is 12.1 Å². The van der Waals surface area contributed by atoms with Crippen LogP contribution in [-0.2, 0) is 14.8 Å². The maximum Gasteiger partial charge on any atom is 0.251 e. The zero-order valence-electron chi connectivity index (χ0n) is 14.9. The Hall–Kier alpha value is -1.44. The second-order valence-corrected chi connectivity index (χ2v) is 8.92. The molecule has 0 aliphatic carbocycles. The molecule has 134 valence electrons. The van der Waals surface area contributed by atoms with Crippen molar-refractivity contribution >= 4 is 15.9 Å². The standard InChI is InChI=1S/C17H26N2O4S/c1-11-6-13(3)15(7-12(11)2)17(20)18-16-9-23-8-14(16)10-24(21,22)19(4)5/h6-7,14,16H,8-10H2,1-5H3,(H,18,20)/t14-,16-/m0/s1. The van der Waals surface area contributed by atoms with E-state index < -0.39 is 10.0 Å². The van der Waals surface area contributed by atoms with E-state index in [2.05, 4.69) is 5.32 Å². The zero-order valence-corrected chi connectivity index (χ0v) is 15.7. The van der Waals surface area contributed by atoms with Gasteiger partial charge < -0.3 is 10.1 Å². The van der Waals surface area contributed by atoms with Gasteiger partial charge in [-0.2, -0.15) is 0 Å². The molecule has 1 aromatic carbocycles. The van der Waals surface area contributed by atoms with Gasteiger partial charge in [-0.3, -0.25) is 4.79 Å². The molecule has 2 rings (SSSR count). The normalized spacial score (nSPS) is 21.2. The topological polar surface area (TPSA) is 75.7 Å². The van der Waals surface area contributed by atoms with Gasteiger partial charge in [0.05, 0.1) is 25.0 Å². The molecule has 1 fully saturated rings. The van der Waals surface area contributed by atoms with E-state index in [9.17, 15) is 13.2 Å². The van der Waals surface area contributed by atoms with E-state index in [0.717, 1.165) is 16.7 Å². The van der Waals surface area contributed by atoms with Crippen molar-refractivity contribution in [2.45, 2.75) is 26.8 Å². The number of amides is 1. The van der Waals surface area contributed by atoms with Crippen molar-refractivity contribution in [2.24, 2.45) is 5.92 Å². The SMILES string of the molecule is Cc1cc(C)c(C(=O)N[C@H]2COC[C@H]2CS(=O)(=O)N(C)C)cc1C. The Balaban J connectivity index is 2.12. The summed E-state index contributed by atoms with van der Waals surface area (Å²) < 4.78 is 30.8. The third-order valence-electron chi connectivity index (χ3n) is 4.58. The van der Waals surface area contributed by atoms with Crippen LogP contribution in [0.1, 0.15) is 27.0 Å². The first-order valence-electron chi connectivity index (χ1n) is 7.98. The third kappa shape index (κ3) is 4.15. The highest BCUT2D eigenvalue weighted by atomic mass is 32.2. The van der Waals surface area contributed by atoms with Crippen molar-refractivity contribution in [2.75, 3.05) is 33.1 Å². The number of hydrogen-bond acceptors (Lipinski definition) is 4. The van der Waals surface area contributed by atoms with E-state index in [0.29, 0.717) is 18.8 Å². The van der Waals surface area contributed by atoms with Crippen LogP contribution in [0.3, 0.4) is 0 Å². The van der Waals surface area contributed by atoms with Gasteiger partial charge in [0.15, 0.2) is 0 Å². The molecule has 24 heavy (non-hydrogen) atoms. The van der Waals surface area contributed by atoms with E-state index in [1.165, 1.54) is 18.4 Å². The number of sulfonamides is 1. The number of hydrogen-bond donors (Lipinski definition) is 1. The number of carbonyl (C=O) groups is 1. The molecule has 0 aromatic heterocycles. The predicted molar refractivity (Wildman–Crippen MR) is 93.7 cm³/mol. The molecule has 1 aromatic rings. The van der Waals surface area contributed by atoms with Crippen molar-refractivity contribution in [1.29, 1.82) is 0 Å². The fraction of sp³-hybridized carbons (Fsp3) is 0.588. The summed E-state index contributed by atoms with van der Waals surface area (Å²) in [6.45, 7) is 6.56. The summed E-state index contributed by atoms with van der Waals surface area (Å²) in [4.78, 5) is 12.6. The van der Waals surface area contributed by atoms with Gasteiger partial charge in [0.2, 0.25) is 10.0 Å². The second kappa shape index (κ2) is 7.21. The van der Waals surface area contributed by atoms with Crippen molar-refractivity contribution in [3.05, 3.63) is 34.4 Å². The fourth-order valence-corrected chi connectivity index (χ4v) is 3.96. The molecule has 1 aliphatic heterocycles. The predicted octanol–water partition coefficient (Wildman–Crippen LogP) is 1.25. The van der Waals surface area contributed by atoms with Crippen molar-refractivity contribution in [1.82, 2.24) is 9.62 Å². The Morgan fingerprint density at radius 2 is 1.79 bits per heavy atom. The lowest BCUT2D eigenvalue weighted by Gasteiger charge is -2.21. The summed E-state index contributed by atoms with van der Waals surface area (Å²) in [7, 11) is -0.311. The van der Waals surface area contributed by atoms with E-state index >= 15 is 0 Å². The molecular weight excluding hydrogens is 328 g/mol. The summed E-state index contributed by atoms with van der Waals surface area (Å²) in [6.07, 6.45) is 0. The molecule has 6 nitrogen and oxygen atoms in total. The average Bonchev–Trinajstić information content (AvgIpc) is 2.89. The lowest BCUT2D eigenvalue weighted by Crippen LogP contribution is -2.43. The van der Waals surface area contributed by atoms with Gasteiger partial charge in [0.25, 0.3) is 5.91 Å². The minimum Gasteiger partial charge on any atom is -0.379 e. The average molecular weight is 354 g/mol. The van der Waals surface area contributed by atoms with Gasteiger partial charge in [-0.05, 0) is 43.5 Å². The Labute approximate surface area is 144 Å². The lowest BCUT2D eigenvalue weighted by atomic mass is 9.99. The van der Waals surface area contributed by atoms with Gasteiger partial charge in [0, 0.05) is 25.6 Å². The van der Waals surface area contributed by atoms with E-state index in [-0.39, 0.29) is 23.6 Å². The molecule has 1 amide bonds. The summed E-state index contributed by atoms with van der Waals surface area (Å²) >= 11 is 0. The maximum absolute atomic E-state index is 12.6. The van der Waals surface area contributed by atoms with Crippen LogP contribution in [0.5, 0.6) is 0 Å². The van der Waals surface area contributed by atoms with E-state index in [1.54, 1.807) is 0 Å². The van der Waals surface area contributed by atoms with Gasteiger partial charge in [0.1, 0.15) is 0 Å². The fourth-order valence-electron chi connectivity index (χ4n) is 2.79. The van der Waals surface area contributed by atoms with Crippen LogP contribution in [0.2, 0.25) is 0 Å². The molecule has 7 heteroatoms. The second-order valence-electron chi connectivity index (χ2n) is 6.69. The molecule has 1 aliphatic rings. The highest BCUT2D eigenvalue weighted by Gasteiger charge is 2.34. The highest BCUT2D eigenvalue weighted by molar-refractivity contribution is 7.89. The monoisotopic (exact) mass is 354 g/mol. The van der Waals surface area contributed by atoms with Crippen LogP contribution < -0.4 is 5.32 Å². The minimum absolute atomic E-state index is 0.0309. The Kier molecular flexibility index (Phi) is 5.67. The van der Waals surface area contributed by atoms with Gasteiger partial charge in [-0.25, -0.2) is 12.7 Å². The smallest absolute Gasteiger partial charge is 0.251 e. The number of ether oxygens (including phenoxy) is 1. The lowest BCUT2D eigenvalue weighted by molar-refractivity contribution is 0.0925. The minimum atomic E-state index is -3.33. The first-order valence-corrected chi connectivity index (χ1v) is 9.59. The molecule has 0 spiro atoms. The molecular formula is C17H26N2O4S. The highest BCUT2D eigenvalue weighted by Crippen LogP contribution is 2.20. The number of nitrogens with one attached hydrogen (secondary N) is 1. The summed E-state index contributed by atoms with van der Waals surface area (Å²) in [5.74, 6) is -0.455. The molecule has 1 heterocycles. The van der Waals surface area contributed by atoms with E-state index in [4.69, 9.17) is 4.74 Å². The number of rotatable bonds is 5. The van der Waals surface area contributed by atoms with Crippen LogP contribution in [0.25, 0.3) is 0 Å². The Morgan fingerprint density at radius 1 is 1.17 bits per heavy atom. The Bertz CT molecular complexity index is 728. The maximum atomic E-state index is 12.6. The molecule has 0 unspecified atom stereocenters. The van der Waals surface area contributed by atoms with Crippen LogP contribution >= 0.6 is 0 Å². The number of benzene rings is 1. The zero-order chi connectivity index (χ0) is 18.1. The van der Waals surface area contributed by atoms with Crippen LogP contribution in [-0.4, -0.2) is 57.7 Å². The Morgan fingerprint density at radius 3 is 2.42 bits per heavy atom. The van der Waals surface area contributed by atoms with Crippen LogP contribution in [0.4, 0.5) is 0 Å². The largest absolute Gasteiger partial charge is 0.379 e. The summed E-state index contributed by atoms with van der Waals surface area (Å²) in [5, 5.41) is 2.95. The third-order valence-corrected chi connectivity index (χ3v) is 6.54. The molecule has 1 N–H and O–H groups in total. The first kappa shape index (κ1) is 18.9. The van der Waals surface area contributed by atoms with Gasteiger partial charge >= 0.3 is 0 Å². The van der Waals surface area contributed by atoms with Crippen LogP contribution in [0, 0.1) is 26.7 Å². The number of aryl methyl sites for hydroxylation is 3. The summed E-state index contributed by atoms with van der Waals surface area (Å²) in [6, 6.07) is 3.57. The summed E-state index contributed by atoms with van der Waals surface area (Å²) in [5.41, 5.74) is 3.73. The van der Waals surface area contributed by atoms with Crippen molar-refractivity contribution in [3.63, 3.8) is 0 Å². The molecule has 0 radical (unpaired) electrons. The van der Waals surface area contributed by atoms with Gasteiger partial charge in [-0.15, -0.1) is 0 Å². The first-order chi connectivity index (χ1) is 11.1. The molecule has 1 saturated heterocycles.